The van der Waals surface area contributed by atoms with Crippen molar-refractivity contribution in [1.82, 2.24) is 39.8 Å². The Kier molecular flexibility index (Phi) is 7.26. The number of hydrogen-bond acceptors (Lipinski definition) is 8. The fraction of sp³-hybridized carbons (Fsp3) is 0.258. The van der Waals surface area contributed by atoms with Crippen molar-refractivity contribution in [1.29, 1.82) is 0 Å². The molecule has 7 rings (SSSR count). The first-order valence-electron chi connectivity index (χ1n) is 14.3. The molecule has 1 aromatic carbocycles. The van der Waals surface area contributed by atoms with Crippen molar-refractivity contribution >= 4 is 32.0 Å². The van der Waals surface area contributed by atoms with E-state index in [9.17, 15) is 12.8 Å². The molecule has 224 valence electrons. The number of nitrogens with one attached hydrogen (secondary N) is 3. The summed E-state index contributed by atoms with van der Waals surface area (Å²) in [4.78, 5) is 21.5. The third-order valence-electron chi connectivity index (χ3n) is 7.74. The molecular weight excluding hydrogens is 583 g/mol. The van der Waals surface area contributed by atoms with Gasteiger partial charge in [-0.2, -0.15) is 5.10 Å². The van der Waals surface area contributed by atoms with Crippen LogP contribution in [-0.2, 0) is 16.6 Å². The minimum atomic E-state index is -3.44. The van der Waals surface area contributed by atoms with Crippen molar-refractivity contribution in [2.24, 2.45) is 0 Å². The maximum Gasteiger partial charge on any atom is 0.209 e. The Bertz CT molecular complexity index is 2100. The molecule has 1 saturated carbocycles. The molecule has 0 radical (unpaired) electrons. The topological polar surface area (TPSA) is 151 Å². The molecule has 5 aromatic heterocycles. The van der Waals surface area contributed by atoms with Gasteiger partial charge in [0, 0.05) is 35.5 Å². The molecule has 5 heterocycles. The number of pyridine rings is 3. The number of rotatable bonds is 8. The van der Waals surface area contributed by atoms with Crippen molar-refractivity contribution in [2.75, 3.05) is 6.26 Å². The molecule has 3 N–H and O–H groups in total. The molecule has 1 fully saturated rings. The first-order valence-corrected chi connectivity index (χ1v) is 16.2. The lowest BCUT2D eigenvalue weighted by molar-refractivity contribution is 0.154. The highest BCUT2D eigenvalue weighted by molar-refractivity contribution is 7.88. The zero-order valence-corrected chi connectivity index (χ0v) is 24.7. The Hall–Kier alpha value is -4.75. The Morgan fingerprint density at radius 2 is 1.80 bits per heavy atom. The average Bonchev–Trinajstić information content (AvgIpc) is 3.64. The van der Waals surface area contributed by atoms with E-state index < -0.39 is 15.8 Å². The van der Waals surface area contributed by atoms with Crippen molar-refractivity contribution in [3.8, 4) is 39.7 Å². The molecule has 6 aromatic rings. The highest BCUT2D eigenvalue weighted by atomic mass is 32.2. The zero-order valence-electron chi connectivity index (χ0n) is 23.8. The molecule has 1 aliphatic rings. The Morgan fingerprint density at radius 3 is 2.64 bits per heavy atom. The molecule has 0 aliphatic heterocycles. The summed E-state index contributed by atoms with van der Waals surface area (Å²) in [6.45, 7) is -0.0421. The summed E-state index contributed by atoms with van der Waals surface area (Å²) in [6.07, 6.45) is 15.5. The van der Waals surface area contributed by atoms with E-state index in [0.29, 0.717) is 39.2 Å². The monoisotopic (exact) mass is 612 g/mol. The van der Waals surface area contributed by atoms with Crippen LogP contribution in [0.15, 0.2) is 61.3 Å². The summed E-state index contributed by atoms with van der Waals surface area (Å²) >= 11 is 0. The average molecular weight is 613 g/mol. The predicted octanol–water partition coefficient (Wildman–Crippen LogP) is 5.53. The van der Waals surface area contributed by atoms with Crippen LogP contribution in [0.4, 0.5) is 4.39 Å². The molecule has 0 unspecified atom stereocenters. The van der Waals surface area contributed by atoms with E-state index in [0.717, 1.165) is 47.0 Å². The van der Waals surface area contributed by atoms with Gasteiger partial charge >= 0.3 is 0 Å². The number of benzene rings is 1. The standard InChI is InChI=1S/C31H29FN8O3S/c1-44(41,42)36-12-18-7-19(9-21(32)8-18)25-15-34-16-28-29(25)38-31(37-28)30-24-11-26(35-17-27(24)39-40-30)20-10-23(14-33-13-20)43-22-5-3-2-4-6-22/h7-11,13-17,22,36H,2-6,12H2,1H3,(H,37,38)(H,39,40). The van der Waals surface area contributed by atoms with Crippen LogP contribution in [0, 0.1) is 5.82 Å². The van der Waals surface area contributed by atoms with Gasteiger partial charge in [0.1, 0.15) is 17.3 Å². The van der Waals surface area contributed by atoms with Gasteiger partial charge in [-0.1, -0.05) is 6.42 Å². The Balaban J connectivity index is 1.23. The first-order chi connectivity index (χ1) is 21.3. The van der Waals surface area contributed by atoms with Crippen LogP contribution in [0.3, 0.4) is 0 Å². The maximum absolute atomic E-state index is 14.6. The summed E-state index contributed by atoms with van der Waals surface area (Å²) in [5, 5.41) is 8.36. The van der Waals surface area contributed by atoms with Crippen molar-refractivity contribution in [3.05, 3.63) is 72.7 Å². The maximum atomic E-state index is 14.6. The van der Waals surface area contributed by atoms with Gasteiger partial charge in [0.25, 0.3) is 0 Å². The van der Waals surface area contributed by atoms with Crippen LogP contribution in [0.1, 0.15) is 37.7 Å². The number of imidazole rings is 1. The van der Waals surface area contributed by atoms with E-state index >= 15 is 0 Å². The van der Waals surface area contributed by atoms with Crippen molar-refractivity contribution in [3.63, 3.8) is 0 Å². The second kappa shape index (κ2) is 11.4. The lowest BCUT2D eigenvalue weighted by atomic mass is 9.98. The summed E-state index contributed by atoms with van der Waals surface area (Å²) in [5.74, 6) is 0.732. The van der Waals surface area contributed by atoms with Crippen molar-refractivity contribution < 1.29 is 17.5 Å². The lowest BCUT2D eigenvalue weighted by Crippen LogP contribution is -2.21. The van der Waals surface area contributed by atoms with Gasteiger partial charge in [-0.05, 0) is 67.1 Å². The summed E-state index contributed by atoms with van der Waals surface area (Å²) in [6, 6.07) is 8.29. The van der Waals surface area contributed by atoms with Gasteiger partial charge in [-0.25, -0.2) is 22.5 Å². The predicted molar refractivity (Wildman–Crippen MR) is 165 cm³/mol. The van der Waals surface area contributed by atoms with Crippen LogP contribution >= 0.6 is 0 Å². The number of H-pyrrole nitrogens is 2. The summed E-state index contributed by atoms with van der Waals surface area (Å²) < 4.78 is 46.4. The molecule has 1 aliphatic carbocycles. The zero-order chi connectivity index (χ0) is 30.3. The van der Waals surface area contributed by atoms with Gasteiger partial charge < -0.3 is 9.72 Å². The normalized spacial score (nSPS) is 14.4. The molecule has 0 spiro atoms. The number of aromatic amines is 2. The summed E-state index contributed by atoms with van der Waals surface area (Å²) in [7, 11) is -3.44. The number of halogens is 1. The smallest absolute Gasteiger partial charge is 0.209 e. The number of fused-ring (bicyclic) bond motifs is 2. The van der Waals surface area contributed by atoms with E-state index in [1.54, 1.807) is 37.1 Å². The number of aromatic nitrogens is 7. The minimum absolute atomic E-state index is 0.0421. The van der Waals surface area contributed by atoms with Gasteiger partial charge in [0.2, 0.25) is 10.0 Å². The third kappa shape index (κ3) is 5.88. The molecule has 44 heavy (non-hydrogen) atoms. The van der Waals surface area contributed by atoms with Crippen LogP contribution in [-0.4, -0.2) is 55.9 Å². The number of hydrogen-bond donors (Lipinski definition) is 3. The molecule has 0 amide bonds. The van der Waals surface area contributed by atoms with Gasteiger partial charge in [0.15, 0.2) is 5.82 Å². The van der Waals surface area contributed by atoms with E-state index in [4.69, 9.17) is 9.72 Å². The highest BCUT2D eigenvalue weighted by Crippen LogP contribution is 2.33. The number of ether oxygens (including phenoxy) is 1. The second-order valence-electron chi connectivity index (χ2n) is 11.1. The lowest BCUT2D eigenvalue weighted by Gasteiger charge is -2.22. The van der Waals surface area contributed by atoms with Crippen LogP contribution in [0.2, 0.25) is 0 Å². The fourth-order valence-corrected chi connectivity index (χ4v) is 6.06. The Labute approximate surface area is 252 Å². The van der Waals surface area contributed by atoms with E-state index in [1.165, 1.54) is 31.4 Å². The largest absolute Gasteiger partial charge is 0.489 e. The SMILES string of the molecule is CS(=O)(=O)NCc1cc(F)cc(-c2cncc3[nH]c(-c4n[nH]c5cnc(-c6cncc(OC7CCCCC7)c6)cc45)nc23)c1. The van der Waals surface area contributed by atoms with Crippen LogP contribution in [0.5, 0.6) is 5.75 Å². The van der Waals surface area contributed by atoms with Gasteiger partial charge in [-0.3, -0.25) is 20.1 Å². The first kappa shape index (κ1) is 28.0. The fourth-order valence-electron chi connectivity index (χ4n) is 5.63. The van der Waals surface area contributed by atoms with E-state index in [-0.39, 0.29) is 12.6 Å². The quantitative estimate of drug-likeness (QED) is 0.203. The van der Waals surface area contributed by atoms with Gasteiger partial charge in [-0.15, -0.1) is 0 Å². The molecule has 0 saturated heterocycles. The van der Waals surface area contributed by atoms with Crippen LogP contribution in [0.25, 0.3) is 55.8 Å². The number of sulfonamides is 1. The highest BCUT2D eigenvalue weighted by Gasteiger charge is 2.19. The summed E-state index contributed by atoms with van der Waals surface area (Å²) in [5.41, 5.74) is 5.67. The third-order valence-corrected chi connectivity index (χ3v) is 8.41. The molecule has 13 heteroatoms. The van der Waals surface area contributed by atoms with E-state index in [1.807, 2.05) is 12.1 Å². The molecule has 0 atom stereocenters. The number of nitrogens with zero attached hydrogens (tertiary/aromatic N) is 5. The van der Waals surface area contributed by atoms with Crippen molar-refractivity contribution in [2.45, 2.75) is 44.8 Å². The molecule has 11 nitrogen and oxygen atoms in total. The molecular formula is C31H29FN8O3S. The Morgan fingerprint density at radius 1 is 0.955 bits per heavy atom. The minimum Gasteiger partial charge on any atom is -0.489 e. The van der Waals surface area contributed by atoms with Crippen LogP contribution < -0.4 is 9.46 Å². The molecule has 0 bridgehead atoms. The second-order valence-corrected chi connectivity index (χ2v) is 12.9. The van der Waals surface area contributed by atoms with Gasteiger partial charge in [0.05, 0.1) is 53.2 Å². The van der Waals surface area contributed by atoms with E-state index in [2.05, 4.69) is 34.9 Å².